The highest BCUT2D eigenvalue weighted by Gasteiger charge is 2.38. The highest BCUT2D eigenvalue weighted by Crippen LogP contribution is 2.31. The van der Waals surface area contributed by atoms with Gasteiger partial charge in [0.05, 0.1) is 12.0 Å². The fraction of sp³-hybridized carbons (Fsp3) is 0.538. The second kappa shape index (κ2) is 5.69. The SMILES string of the molecule is COc1ccc(S(=O)(=O)N2CCC(C)C2CCl)cc1. The van der Waals surface area contributed by atoms with Gasteiger partial charge in [-0.2, -0.15) is 4.31 Å². The summed E-state index contributed by atoms with van der Waals surface area (Å²) in [4.78, 5) is 0.289. The Kier molecular flexibility index (Phi) is 4.38. The molecule has 0 bridgehead atoms. The molecule has 1 saturated heterocycles. The fourth-order valence-electron chi connectivity index (χ4n) is 2.38. The molecule has 0 saturated carbocycles. The van der Waals surface area contributed by atoms with E-state index >= 15 is 0 Å². The van der Waals surface area contributed by atoms with Crippen LogP contribution in [0.3, 0.4) is 0 Å². The monoisotopic (exact) mass is 303 g/mol. The molecule has 0 amide bonds. The first-order valence-corrected chi connectivity index (χ1v) is 8.20. The Balaban J connectivity index is 2.31. The van der Waals surface area contributed by atoms with Crippen LogP contribution >= 0.6 is 11.6 Å². The molecular formula is C13H18ClNO3S. The summed E-state index contributed by atoms with van der Waals surface area (Å²) in [5, 5.41) is 0. The molecule has 1 aliphatic heterocycles. The van der Waals surface area contributed by atoms with Crippen molar-refractivity contribution in [3.63, 3.8) is 0 Å². The molecule has 1 fully saturated rings. The summed E-state index contributed by atoms with van der Waals surface area (Å²) in [5.41, 5.74) is 0. The number of hydrogen-bond donors (Lipinski definition) is 0. The number of sulfonamides is 1. The number of halogens is 1. The molecular weight excluding hydrogens is 286 g/mol. The predicted molar refractivity (Wildman–Crippen MR) is 75.2 cm³/mol. The number of rotatable bonds is 4. The topological polar surface area (TPSA) is 46.6 Å². The van der Waals surface area contributed by atoms with Crippen molar-refractivity contribution < 1.29 is 13.2 Å². The van der Waals surface area contributed by atoms with Gasteiger partial charge in [-0.1, -0.05) is 6.92 Å². The Labute approximate surface area is 119 Å². The van der Waals surface area contributed by atoms with Crippen molar-refractivity contribution in [2.75, 3.05) is 19.5 Å². The van der Waals surface area contributed by atoms with Gasteiger partial charge in [0.2, 0.25) is 10.0 Å². The molecule has 4 nitrogen and oxygen atoms in total. The third-order valence-electron chi connectivity index (χ3n) is 3.66. The maximum atomic E-state index is 12.6. The van der Waals surface area contributed by atoms with Gasteiger partial charge in [-0.25, -0.2) is 8.42 Å². The summed E-state index contributed by atoms with van der Waals surface area (Å²) in [5.74, 6) is 1.27. The van der Waals surface area contributed by atoms with E-state index in [1.165, 1.54) is 4.31 Å². The summed E-state index contributed by atoms with van der Waals surface area (Å²) < 4.78 is 31.7. The molecule has 2 atom stereocenters. The molecule has 0 aromatic heterocycles. The Morgan fingerprint density at radius 3 is 2.53 bits per heavy atom. The largest absolute Gasteiger partial charge is 0.497 e. The van der Waals surface area contributed by atoms with Crippen LogP contribution in [0.2, 0.25) is 0 Å². The van der Waals surface area contributed by atoms with Crippen molar-refractivity contribution in [3.8, 4) is 5.75 Å². The first-order valence-electron chi connectivity index (χ1n) is 6.22. The molecule has 0 aliphatic carbocycles. The van der Waals surface area contributed by atoms with Gasteiger partial charge >= 0.3 is 0 Å². The molecule has 1 aromatic rings. The van der Waals surface area contributed by atoms with Crippen molar-refractivity contribution >= 4 is 21.6 Å². The minimum absolute atomic E-state index is 0.117. The van der Waals surface area contributed by atoms with Gasteiger partial charge in [0.1, 0.15) is 5.75 Å². The van der Waals surface area contributed by atoms with E-state index in [1.54, 1.807) is 31.4 Å². The Hall–Kier alpha value is -0.780. The third-order valence-corrected chi connectivity index (χ3v) is 5.91. The number of alkyl halides is 1. The minimum atomic E-state index is -3.46. The molecule has 0 radical (unpaired) electrons. The van der Waals surface area contributed by atoms with Crippen LogP contribution < -0.4 is 4.74 Å². The van der Waals surface area contributed by atoms with Gasteiger partial charge < -0.3 is 4.74 Å². The lowest BCUT2D eigenvalue weighted by molar-refractivity contribution is 0.375. The average Bonchev–Trinajstić information content (AvgIpc) is 2.80. The molecule has 106 valence electrons. The lowest BCUT2D eigenvalue weighted by Gasteiger charge is -2.24. The van der Waals surface area contributed by atoms with Gasteiger partial charge in [-0.3, -0.25) is 0 Å². The fourth-order valence-corrected chi connectivity index (χ4v) is 4.67. The lowest BCUT2D eigenvalue weighted by atomic mass is 10.1. The highest BCUT2D eigenvalue weighted by atomic mass is 35.5. The number of hydrogen-bond acceptors (Lipinski definition) is 3. The maximum absolute atomic E-state index is 12.6. The Morgan fingerprint density at radius 1 is 1.37 bits per heavy atom. The standard InChI is InChI=1S/C13H18ClNO3S/c1-10-7-8-15(13(10)9-14)19(16,17)12-5-3-11(18-2)4-6-12/h3-6,10,13H,7-9H2,1-2H3. The molecule has 19 heavy (non-hydrogen) atoms. The number of nitrogens with zero attached hydrogens (tertiary/aromatic N) is 1. The molecule has 1 aliphatic rings. The van der Waals surface area contributed by atoms with Crippen LogP contribution in [0.1, 0.15) is 13.3 Å². The summed E-state index contributed by atoms with van der Waals surface area (Å²) in [6.45, 7) is 2.57. The van der Waals surface area contributed by atoms with E-state index in [0.717, 1.165) is 6.42 Å². The number of ether oxygens (including phenoxy) is 1. The van der Waals surface area contributed by atoms with Crippen molar-refractivity contribution in [2.24, 2.45) is 5.92 Å². The second-order valence-corrected chi connectivity index (χ2v) is 6.98. The van der Waals surface area contributed by atoms with E-state index in [9.17, 15) is 8.42 Å². The smallest absolute Gasteiger partial charge is 0.243 e. The van der Waals surface area contributed by atoms with Gasteiger partial charge in [0, 0.05) is 18.5 Å². The van der Waals surface area contributed by atoms with E-state index in [2.05, 4.69) is 0 Å². The first kappa shape index (κ1) is 14.6. The predicted octanol–water partition coefficient (Wildman–Crippen LogP) is 2.33. The number of methoxy groups -OCH3 is 1. The molecule has 0 N–H and O–H groups in total. The van der Waals surface area contributed by atoms with E-state index < -0.39 is 10.0 Å². The van der Waals surface area contributed by atoms with E-state index in [4.69, 9.17) is 16.3 Å². The average molecular weight is 304 g/mol. The van der Waals surface area contributed by atoms with Crippen LogP contribution in [0.5, 0.6) is 5.75 Å². The summed E-state index contributed by atoms with van der Waals surface area (Å²) in [6.07, 6.45) is 0.854. The zero-order valence-electron chi connectivity index (χ0n) is 11.0. The summed E-state index contributed by atoms with van der Waals surface area (Å²) in [7, 11) is -1.91. The minimum Gasteiger partial charge on any atom is -0.497 e. The zero-order chi connectivity index (χ0) is 14.0. The third kappa shape index (κ3) is 2.73. The van der Waals surface area contributed by atoms with Gasteiger partial charge in [0.15, 0.2) is 0 Å². The molecule has 1 heterocycles. The Morgan fingerprint density at radius 2 is 2.00 bits per heavy atom. The summed E-state index contributed by atoms with van der Waals surface area (Å²) >= 11 is 5.91. The van der Waals surface area contributed by atoms with Crippen molar-refractivity contribution in [1.29, 1.82) is 0 Å². The van der Waals surface area contributed by atoms with E-state index in [1.807, 2.05) is 6.92 Å². The van der Waals surface area contributed by atoms with Crippen molar-refractivity contribution in [2.45, 2.75) is 24.3 Å². The van der Waals surface area contributed by atoms with Crippen LogP contribution in [-0.4, -0.2) is 38.3 Å². The van der Waals surface area contributed by atoms with Crippen LogP contribution in [0.15, 0.2) is 29.2 Å². The normalized spacial score (nSPS) is 24.6. The van der Waals surface area contributed by atoms with Crippen molar-refractivity contribution in [1.82, 2.24) is 4.31 Å². The van der Waals surface area contributed by atoms with Gasteiger partial charge in [-0.05, 0) is 36.6 Å². The second-order valence-electron chi connectivity index (χ2n) is 4.78. The Bertz CT molecular complexity index is 529. The van der Waals surface area contributed by atoms with Crippen LogP contribution in [-0.2, 0) is 10.0 Å². The molecule has 2 rings (SSSR count). The summed E-state index contributed by atoms with van der Waals surface area (Å²) in [6, 6.07) is 6.34. The van der Waals surface area contributed by atoms with Gasteiger partial charge in [0.25, 0.3) is 0 Å². The molecule has 0 spiro atoms. The maximum Gasteiger partial charge on any atom is 0.243 e. The van der Waals surface area contributed by atoms with Crippen LogP contribution in [0, 0.1) is 5.92 Å². The quantitative estimate of drug-likeness (QED) is 0.802. The first-order chi connectivity index (χ1) is 9.00. The lowest BCUT2D eigenvalue weighted by Crippen LogP contribution is -2.38. The number of benzene rings is 1. The van der Waals surface area contributed by atoms with Crippen molar-refractivity contribution in [3.05, 3.63) is 24.3 Å². The van der Waals surface area contributed by atoms with E-state index in [-0.39, 0.29) is 10.9 Å². The molecule has 6 heteroatoms. The van der Waals surface area contributed by atoms with Crippen LogP contribution in [0.25, 0.3) is 0 Å². The van der Waals surface area contributed by atoms with Gasteiger partial charge in [-0.15, -0.1) is 11.6 Å². The molecule has 2 unspecified atom stereocenters. The van der Waals surface area contributed by atoms with Crippen LogP contribution in [0.4, 0.5) is 0 Å². The molecule has 1 aromatic carbocycles. The zero-order valence-corrected chi connectivity index (χ0v) is 12.6. The highest BCUT2D eigenvalue weighted by molar-refractivity contribution is 7.89. The van der Waals surface area contributed by atoms with E-state index in [0.29, 0.717) is 24.1 Å².